The molecule has 0 spiro atoms. The van der Waals surface area contributed by atoms with Crippen LogP contribution >= 0.6 is 0 Å². The molecule has 106 valence electrons. The van der Waals surface area contributed by atoms with Crippen LogP contribution < -0.4 is 5.32 Å². The Hall–Kier alpha value is -1.13. The summed E-state index contributed by atoms with van der Waals surface area (Å²) < 4.78 is 13.3. The number of phenolic OH excluding ortho intramolecular Hbond substituents is 1. The number of nitrogens with one attached hydrogen (secondary N) is 1. The van der Waals surface area contributed by atoms with Crippen LogP contribution in [0, 0.1) is 5.82 Å². The highest BCUT2D eigenvalue weighted by molar-refractivity contribution is 5.27. The van der Waals surface area contributed by atoms with E-state index < -0.39 is 5.82 Å². The van der Waals surface area contributed by atoms with Crippen molar-refractivity contribution in [1.82, 2.24) is 10.2 Å². The zero-order valence-electron chi connectivity index (χ0n) is 11.5. The maximum absolute atomic E-state index is 13.3. The summed E-state index contributed by atoms with van der Waals surface area (Å²) >= 11 is 0. The fourth-order valence-electron chi connectivity index (χ4n) is 2.68. The quantitative estimate of drug-likeness (QED) is 0.830. The van der Waals surface area contributed by atoms with Crippen molar-refractivity contribution >= 4 is 0 Å². The number of hydrogen-bond acceptors (Lipinski definition) is 3. The third kappa shape index (κ3) is 4.18. The minimum atomic E-state index is -0.534. The van der Waals surface area contributed by atoms with Gasteiger partial charge in [0.1, 0.15) is 0 Å². The second-order valence-corrected chi connectivity index (χ2v) is 5.31. The number of benzene rings is 1. The molecule has 1 heterocycles. The van der Waals surface area contributed by atoms with Gasteiger partial charge >= 0.3 is 0 Å². The lowest BCUT2D eigenvalue weighted by molar-refractivity contribution is 0.241. The number of phenols is 1. The van der Waals surface area contributed by atoms with Crippen molar-refractivity contribution in [2.24, 2.45) is 0 Å². The van der Waals surface area contributed by atoms with Gasteiger partial charge in [-0.2, -0.15) is 0 Å². The van der Waals surface area contributed by atoms with E-state index >= 15 is 0 Å². The van der Waals surface area contributed by atoms with Gasteiger partial charge in [-0.15, -0.1) is 0 Å². The van der Waals surface area contributed by atoms with E-state index in [1.807, 2.05) is 0 Å². The summed E-state index contributed by atoms with van der Waals surface area (Å²) in [6, 6.07) is 5.22. The Bertz CT molecular complexity index is 405. The van der Waals surface area contributed by atoms with Crippen molar-refractivity contribution in [2.75, 3.05) is 19.6 Å². The van der Waals surface area contributed by atoms with Crippen LogP contribution in [-0.4, -0.2) is 35.7 Å². The van der Waals surface area contributed by atoms with Crippen LogP contribution in [0.5, 0.6) is 5.75 Å². The standard InChI is InChI=1S/C15H23FN2O/c1-2-8-18(11-13-4-3-7-17-13)10-12-5-6-15(19)14(16)9-12/h5-6,9,13,17,19H,2-4,7-8,10-11H2,1H3. The molecule has 1 atom stereocenters. The molecule has 0 amide bonds. The molecule has 1 aliphatic heterocycles. The monoisotopic (exact) mass is 266 g/mol. The first-order valence-electron chi connectivity index (χ1n) is 7.12. The molecule has 19 heavy (non-hydrogen) atoms. The Labute approximate surface area is 114 Å². The first-order chi connectivity index (χ1) is 9.19. The Morgan fingerprint density at radius 3 is 2.95 bits per heavy atom. The van der Waals surface area contributed by atoms with Gasteiger partial charge in [-0.25, -0.2) is 4.39 Å². The molecule has 1 fully saturated rings. The van der Waals surface area contributed by atoms with Crippen molar-refractivity contribution in [1.29, 1.82) is 0 Å². The molecule has 1 aromatic carbocycles. The van der Waals surface area contributed by atoms with E-state index in [2.05, 4.69) is 17.1 Å². The summed E-state index contributed by atoms with van der Waals surface area (Å²) in [7, 11) is 0. The van der Waals surface area contributed by atoms with Crippen LogP contribution in [0.15, 0.2) is 18.2 Å². The Morgan fingerprint density at radius 1 is 1.47 bits per heavy atom. The predicted octanol–water partition coefficient (Wildman–Crippen LogP) is 2.50. The third-order valence-corrected chi connectivity index (χ3v) is 3.60. The molecule has 0 aliphatic carbocycles. The van der Waals surface area contributed by atoms with Crippen molar-refractivity contribution in [3.63, 3.8) is 0 Å². The third-order valence-electron chi connectivity index (χ3n) is 3.60. The topological polar surface area (TPSA) is 35.5 Å². The molecule has 1 aromatic rings. The second-order valence-electron chi connectivity index (χ2n) is 5.31. The smallest absolute Gasteiger partial charge is 0.165 e. The van der Waals surface area contributed by atoms with Crippen LogP contribution in [0.1, 0.15) is 31.7 Å². The van der Waals surface area contributed by atoms with E-state index in [4.69, 9.17) is 0 Å². The van der Waals surface area contributed by atoms with Crippen molar-refractivity contribution < 1.29 is 9.50 Å². The van der Waals surface area contributed by atoms with Gasteiger partial charge in [-0.1, -0.05) is 13.0 Å². The van der Waals surface area contributed by atoms with E-state index in [0.29, 0.717) is 6.04 Å². The number of halogens is 1. The fraction of sp³-hybridized carbons (Fsp3) is 0.600. The van der Waals surface area contributed by atoms with Gasteiger partial charge in [-0.3, -0.25) is 4.90 Å². The van der Waals surface area contributed by atoms with Gasteiger partial charge in [-0.05, 0) is 50.0 Å². The van der Waals surface area contributed by atoms with Crippen LogP contribution in [0.25, 0.3) is 0 Å². The molecule has 2 rings (SSSR count). The highest BCUT2D eigenvalue weighted by atomic mass is 19.1. The van der Waals surface area contributed by atoms with Crippen molar-refractivity contribution in [3.05, 3.63) is 29.6 Å². The zero-order chi connectivity index (χ0) is 13.7. The molecular weight excluding hydrogens is 243 g/mol. The molecule has 1 saturated heterocycles. The molecule has 0 bridgehead atoms. The summed E-state index contributed by atoms with van der Waals surface area (Å²) in [5.74, 6) is -0.809. The lowest BCUT2D eigenvalue weighted by Crippen LogP contribution is -2.37. The maximum atomic E-state index is 13.3. The SMILES string of the molecule is CCCN(Cc1ccc(O)c(F)c1)CC1CCCN1. The average Bonchev–Trinajstić information content (AvgIpc) is 2.87. The van der Waals surface area contributed by atoms with Crippen molar-refractivity contribution in [2.45, 2.75) is 38.8 Å². The van der Waals surface area contributed by atoms with Crippen LogP contribution in [0.2, 0.25) is 0 Å². The molecular formula is C15H23FN2O. The first kappa shape index (κ1) is 14.3. The molecule has 1 aliphatic rings. The normalized spacial score (nSPS) is 19.2. The highest BCUT2D eigenvalue weighted by Gasteiger charge is 2.17. The summed E-state index contributed by atoms with van der Waals surface area (Å²) in [5, 5.41) is 12.7. The van der Waals surface area contributed by atoms with Gasteiger partial charge in [0, 0.05) is 19.1 Å². The first-order valence-corrected chi connectivity index (χ1v) is 7.12. The zero-order valence-corrected chi connectivity index (χ0v) is 11.5. The molecule has 1 unspecified atom stereocenters. The van der Waals surface area contributed by atoms with Gasteiger partial charge in [0.15, 0.2) is 11.6 Å². The maximum Gasteiger partial charge on any atom is 0.165 e. The summed E-state index contributed by atoms with van der Waals surface area (Å²) in [6.45, 7) is 6.03. The molecule has 0 aromatic heterocycles. The Kier molecular flexibility index (Phi) is 5.16. The minimum Gasteiger partial charge on any atom is -0.505 e. The van der Waals surface area contributed by atoms with Crippen molar-refractivity contribution in [3.8, 4) is 5.75 Å². The van der Waals surface area contributed by atoms with E-state index in [1.165, 1.54) is 25.0 Å². The molecule has 0 saturated carbocycles. The van der Waals surface area contributed by atoms with E-state index in [0.717, 1.165) is 38.2 Å². The number of rotatable bonds is 6. The molecule has 0 radical (unpaired) electrons. The minimum absolute atomic E-state index is 0.275. The van der Waals surface area contributed by atoms with Crippen LogP contribution in [-0.2, 0) is 6.54 Å². The molecule has 3 nitrogen and oxygen atoms in total. The Morgan fingerprint density at radius 2 is 2.32 bits per heavy atom. The van der Waals surface area contributed by atoms with Crippen LogP contribution in [0.4, 0.5) is 4.39 Å². The van der Waals surface area contributed by atoms with E-state index in [-0.39, 0.29) is 5.75 Å². The van der Waals surface area contributed by atoms with Gasteiger partial charge in [0.25, 0.3) is 0 Å². The lowest BCUT2D eigenvalue weighted by atomic mass is 10.1. The van der Waals surface area contributed by atoms with Gasteiger partial charge in [0.05, 0.1) is 0 Å². The molecule has 2 N–H and O–H groups in total. The second kappa shape index (κ2) is 6.87. The molecule has 4 heteroatoms. The average molecular weight is 266 g/mol. The number of nitrogens with zero attached hydrogens (tertiary/aromatic N) is 1. The van der Waals surface area contributed by atoms with Crippen LogP contribution in [0.3, 0.4) is 0 Å². The van der Waals surface area contributed by atoms with Gasteiger partial charge in [0.2, 0.25) is 0 Å². The fourth-order valence-corrected chi connectivity index (χ4v) is 2.68. The Balaban J connectivity index is 1.96. The van der Waals surface area contributed by atoms with E-state index in [1.54, 1.807) is 6.07 Å². The summed E-state index contributed by atoms with van der Waals surface area (Å²) in [5.41, 5.74) is 0.918. The van der Waals surface area contributed by atoms with Gasteiger partial charge < -0.3 is 10.4 Å². The van der Waals surface area contributed by atoms with E-state index in [9.17, 15) is 9.50 Å². The predicted molar refractivity (Wildman–Crippen MR) is 74.7 cm³/mol. The highest BCUT2D eigenvalue weighted by Crippen LogP contribution is 2.18. The number of aromatic hydroxyl groups is 1. The summed E-state index contributed by atoms with van der Waals surface area (Å²) in [6.07, 6.45) is 3.57. The summed E-state index contributed by atoms with van der Waals surface area (Å²) in [4.78, 5) is 2.36. The lowest BCUT2D eigenvalue weighted by Gasteiger charge is -2.25. The number of hydrogen-bond donors (Lipinski definition) is 2. The largest absolute Gasteiger partial charge is 0.505 e.